The summed E-state index contributed by atoms with van der Waals surface area (Å²) in [6.07, 6.45) is 13.1. The van der Waals surface area contributed by atoms with Crippen LogP contribution in [0, 0.1) is 0 Å². The van der Waals surface area contributed by atoms with E-state index in [9.17, 15) is 9.59 Å². The van der Waals surface area contributed by atoms with Crippen LogP contribution in [0.2, 0.25) is 0 Å². The van der Waals surface area contributed by atoms with Gasteiger partial charge in [0.1, 0.15) is 23.3 Å². The van der Waals surface area contributed by atoms with Crippen LogP contribution in [0.3, 0.4) is 0 Å². The van der Waals surface area contributed by atoms with Crippen molar-refractivity contribution in [3.63, 3.8) is 0 Å². The molecular weight excluding hydrogens is 619 g/mol. The third-order valence-corrected chi connectivity index (χ3v) is 8.08. The van der Waals surface area contributed by atoms with Gasteiger partial charge in [-0.1, -0.05) is 50.3 Å². The number of aromatic nitrogens is 2. The first-order valence-electron chi connectivity index (χ1n) is 16.9. The number of aryl methyl sites for hydroxylation is 1. The minimum absolute atomic E-state index is 0.00847. The van der Waals surface area contributed by atoms with E-state index >= 15 is 4.39 Å². The highest BCUT2D eigenvalue weighted by Gasteiger charge is 2.39. The van der Waals surface area contributed by atoms with Gasteiger partial charge in [0.2, 0.25) is 0 Å². The Bertz CT molecular complexity index is 1650. The van der Waals surface area contributed by atoms with Crippen molar-refractivity contribution < 1.29 is 18.7 Å². The highest BCUT2D eigenvalue weighted by Crippen LogP contribution is 2.34. The number of amides is 1. The summed E-state index contributed by atoms with van der Waals surface area (Å²) in [5, 5.41) is 8.22. The summed E-state index contributed by atoms with van der Waals surface area (Å²) < 4.78 is 24.6. The minimum atomic E-state index is -0.694. The predicted molar refractivity (Wildman–Crippen MR) is 196 cm³/mol. The van der Waals surface area contributed by atoms with E-state index in [4.69, 9.17) is 4.74 Å². The van der Waals surface area contributed by atoms with Crippen molar-refractivity contribution in [1.29, 1.82) is 0 Å². The fraction of sp³-hybridized carbons (Fsp3) is 0.359. The standard InChI is InChI=1S/C35H41FN6O3.C2H6.C2H4/c1-4-16-40(2)17-7-13-38-33-30(36)21-28-31(22-32(33)45-27-12-11-25-9-5-6-10-26(25)20-27)41(3)23-29(34(28)43)35(44)39-14-8-18-42-19-15-37-24-42;2*1-2/h4-6,9-12,15-16,19-21,23-24,31-32,38H,7-8,13-14,17-18,22H2,1-3H3,(H,39,44);1-2H3;1-2H2/b16-4-;;. The van der Waals surface area contributed by atoms with E-state index in [1.165, 1.54) is 6.08 Å². The van der Waals surface area contributed by atoms with Crippen LogP contribution in [0.4, 0.5) is 4.39 Å². The number of rotatable bonds is 13. The van der Waals surface area contributed by atoms with Crippen LogP contribution in [0.1, 0.15) is 40.0 Å². The molecule has 2 aliphatic rings. The molecule has 2 atom stereocenters. The summed E-state index contributed by atoms with van der Waals surface area (Å²) in [4.78, 5) is 34.7. The van der Waals surface area contributed by atoms with Crippen molar-refractivity contribution in [3.8, 4) is 5.75 Å². The topological polar surface area (TPSA) is 91.7 Å². The fourth-order valence-corrected chi connectivity index (χ4v) is 5.75. The van der Waals surface area contributed by atoms with Gasteiger partial charge in [0.15, 0.2) is 5.78 Å². The minimum Gasteiger partial charge on any atom is -0.484 e. The lowest BCUT2D eigenvalue weighted by molar-refractivity contribution is -0.122. The van der Waals surface area contributed by atoms with Crippen LogP contribution in [0.15, 0.2) is 122 Å². The van der Waals surface area contributed by atoms with Gasteiger partial charge in [0, 0.05) is 70.9 Å². The number of hydrogen-bond donors (Lipinski definition) is 2. The molecule has 1 amide bonds. The number of nitrogens with zero attached hydrogens (tertiary/aromatic N) is 4. The van der Waals surface area contributed by atoms with Crippen LogP contribution in [0.5, 0.6) is 5.75 Å². The smallest absolute Gasteiger partial charge is 0.256 e. The Hall–Kier alpha value is -5.12. The van der Waals surface area contributed by atoms with Crippen molar-refractivity contribution >= 4 is 22.5 Å². The normalized spacial score (nSPS) is 17.1. The van der Waals surface area contributed by atoms with Gasteiger partial charge in [-0.05, 0) is 54.9 Å². The Labute approximate surface area is 290 Å². The lowest BCUT2D eigenvalue weighted by atomic mass is 9.90. The zero-order valence-electron chi connectivity index (χ0n) is 29.5. The number of ether oxygens (including phenoxy) is 1. The molecule has 1 aromatic heterocycles. The fourth-order valence-electron chi connectivity index (χ4n) is 5.75. The third-order valence-electron chi connectivity index (χ3n) is 8.08. The second-order valence-electron chi connectivity index (χ2n) is 11.4. The van der Waals surface area contributed by atoms with Gasteiger partial charge in [0.05, 0.1) is 18.1 Å². The molecule has 2 heterocycles. The molecule has 3 aromatic rings. The highest BCUT2D eigenvalue weighted by molar-refractivity contribution is 6.26. The molecule has 1 aliphatic carbocycles. The Kier molecular flexibility index (Phi) is 15.4. The van der Waals surface area contributed by atoms with Crippen molar-refractivity contribution in [2.24, 2.45) is 0 Å². The predicted octanol–water partition coefficient (Wildman–Crippen LogP) is 6.54. The molecule has 0 fully saturated rings. The van der Waals surface area contributed by atoms with E-state index in [1.807, 2.05) is 98.2 Å². The number of nitrogens with one attached hydrogen (secondary N) is 2. The van der Waals surface area contributed by atoms with Crippen LogP contribution in [-0.4, -0.2) is 76.9 Å². The van der Waals surface area contributed by atoms with Gasteiger partial charge in [-0.25, -0.2) is 9.37 Å². The largest absolute Gasteiger partial charge is 0.484 e. The van der Waals surface area contributed by atoms with Gasteiger partial charge in [0.25, 0.3) is 5.91 Å². The molecule has 0 saturated carbocycles. The summed E-state index contributed by atoms with van der Waals surface area (Å²) in [5.74, 6) is -0.904. The van der Waals surface area contributed by atoms with E-state index < -0.39 is 29.7 Å². The molecular formula is C39H51FN6O3. The number of halogens is 1. The van der Waals surface area contributed by atoms with Crippen molar-refractivity contribution in [3.05, 3.63) is 122 Å². The van der Waals surface area contributed by atoms with Crippen molar-refractivity contribution in [2.75, 3.05) is 33.7 Å². The molecule has 262 valence electrons. The first-order valence-corrected chi connectivity index (χ1v) is 16.9. The maximum Gasteiger partial charge on any atom is 0.256 e. The molecule has 0 bridgehead atoms. The van der Waals surface area contributed by atoms with Gasteiger partial charge in [-0.2, -0.15) is 0 Å². The van der Waals surface area contributed by atoms with Gasteiger partial charge >= 0.3 is 0 Å². The molecule has 5 rings (SSSR count). The van der Waals surface area contributed by atoms with Crippen LogP contribution >= 0.6 is 0 Å². The second kappa shape index (κ2) is 19.6. The Morgan fingerprint density at radius 2 is 1.90 bits per heavy atom. The number of likely N-dealkylation sites (N-methyl/N-ethyl adjacent to an activating group) is 1. The number of hydrogen-bond acceptors (Lipinski definition) is 7. The monoisotopic (exact) mass is 670 g/mol. The molecule has 2 N–H and O–H groups in total. The van der Waals surface area contributed by atoms with E-state index in [-0.39, 0.29) is 11.1 Å². The van der Waals surface area contributed by atoms with Crippen LogP contribution in [0.25, 0.3) is 10.8 Å². The van der Waals surface area contributed by atoms with E-state index in [1.54, 1.807) is 25.8 Å². The average Bonchev–Trinajstić information content (AvgIpc) is 3.60. The van der Waals surface area contributed by atoms with E-state index in [0.29, 0.717) is 43.9 Å². The molecule has 0 spiro atoms. The first-order chi connectivity index (χ1) is 23.8. The Balaban J connectivity index is 0.00000157. The molecule has 9 nitrogen and oxygen atoms in total. The number of allylic oxidation sites excluding steroid dienone is 3. The molecule has 1 aliphatic heterocycles. The van der Waals surface area contributed by atoms with Crippen LogP contribution < -0.4 is 15.4 Å². The zero-order valence-corrected chi connectivity index (χ0v) is 29.5. The number of imidazole rings is 1. The summed E-state index contributed by atoms with van der Waals surface area (Å²) in [7, 11) is 3.80. The summed E-state index contributed by atoms with van der Waals surface area (Å²) >= 11 is 0. The molecule has 49 heavy (non-hydrogen) atoms. The average molecular weight is 671 g/mol. The number of benzene rings is 2. The van der Waals surface area contributed by atoms with Gasteiger partial charge in [-0.15, -0.1) is 13.2 Å². The molecule has 10 heteroatoms. The maximum absolute atomic E-state index is 16.1. The van der Waals surface area contributed by atoms with Crippen molar-refractivity contribution in [1.82, 2.24) is 30.0 Å². The lowest BCUT2D eigenvalue weighted by Gasteiger charge is -2.35. The van der Waals surface area contributed by atoms with E-state index in [0.717, 1.165) is 23.7 Å². The molecule has 0 radical (unpaired) electrons. The second-order valence-corrected chi connectivity index (χ2v) is 11.4. The molecule has 2 aromatic carbocycles. The highest BCUT2D eigenvalue weighted by atomic mass is 19.1. The Morgan fingerprint density at radius 3 is 2.61 bits per heavy atom. The number of Topliss-reactive ketones (excluding diaryl/α,β-unsaturated/α-hetero) is 1. The zero-order chi connectivity index (χ0) is 35.8. The number of ketones is 1. The third kappa shape index (κ3) is 10.4. The van der Waals surface area contributed by atoms with Crippen molar-refractivity contribution in [2.45, 2.75) is 58.7 Å². The number of carbonyl (C=O) groups excluding carboxylic acids is 2. The quantitative estimate of drug-likeness (QED) is 0.121. The first kappa shape index (κ1) is 38.3. The van der Waals surface area contributed by atoms with Crippen LogP contribution in [-0.2, 0) is 16.1 Å². The Morgan fingerprint density at radius 1 is 1.14 bits per heavy atom. The van der Waals surface area contributed by atoms with Gasteiger partial charge in [-0.3, -0.25) is 9.59 Å². The summed E-state index contributed by atoms with van der Waals surface area (Å²) in [6.45, 7) is 14.4. The summed E-state index contributed by atoms with van der Waals surface area (Å²) in [5.41, 5.74) is 0.522. The SMILES string of the molecule is C/C=C\N(C)CCCNC1=C(F)C=C2C(=O)C(C(=O)NCCCn3ccnc3)=CN(C)C2CC1Oc1ccc2ccccc2c1.C=C.CC. The lowest BCUT2D eigenvalue weighted by Crippen LogP contribution is -2.44. The molecule has 0 saturated heterocycles. The number of fused-ring (bicyclic) bond motifs is 2. The summed E-state index contributed by atoms with van der Waals surface area (Å²) in [6, 6.07) is 13.3. The molecule has 2 unspecified atom stereocenters. The maximum atomic E-state index is 16.1. The number of carbonyl (C=O) groups is 2. The van der Waals surface area contributed by atoms with Gasteiger partial charge < -0.3 is 29.7 Å². The van der Waals surface area contributed by atoms with E-state index in [2.05, 4.69) is 33.7 Å².